The van der Waals surface area contributed by atoms with E-state index in [-0.39, 0.29) is 11.9 Å². The molecule has 1 saturated heterocycles. The van der Waals surface area contributed by atoms with Crippen LogP contribution < -0.4 is 5.32 Å². The molecule has 0 unspecified atom stereocenters. The Hall–Kier alpha value is -1.79. The largest absolute Gasteiger partial charge is 0.349 e. The average molecular weight is 344 g/mol. The van der Waals surface area contributed by atoms with Crippen LogP contribution in [0.15, 0.2) is 29.9 Å². The first-order valence-corrected chi connectivity index (χ1v) is 9.51. The normalized spacial score (nSPS) is 16.2. The fourth-order valence-electron chi connectivity index (χ4n) is 3.10. The molecule has 24 heavy (non-hydrogen) atoms. The van der Waals surface area contributed by atoms with Crippen LogP contribution in [-0.2, 0) is 17.8 Å². The number of rotatable bonds is 7. The molecule has 0 aromatic carbocycles. The van der Waals surface area contributed by atoms with Crippen molar-refractivity contribution in [2.75, 3.05) is 13.1 Å². The molecule has 5 nitrogen and oxygen atoms in total. The van der Waals surface area contributed by atoms with Crippen molar-refractivity contribution < 1.29 is 4.79 Å². The fraction of sp³-hybridized carbons (Fsp3) is 0.500. The molecule has 3 heterocycles. The molecule has 2 aromatic rings. The summed E-state index contributed by atoms with van der Waals surface area (Å²) in [4.78, 5) is 23.8. The number of thiazole rings is 1. The molecule has 128 valence electrons. The predicted octanol–water partition coefficient (Wildman–Crippen LogP) is 2.94. The molecule has 1 fully saturated rings. The fourth-order valence-corrected chi connectivity index (χ4v) is 4.00. The topological polar surface area (TPSA) is 58.1 Å². The minimum absolute atomic E-state index is 0.0370. The Morgan fingerprint density at radius 3 is 2.96 bits per heavy atom. The maximum absolute atomic E-state index is 12.8. The van der Waals surface area contributed by atoms with E-state index in [4.69, 9.17) is 0 Å². The summed E-state index contributed by atoms with van der Waals surface area (Å²) in [5.74, 6) is 0.0370. The Morgan fingerprint density at radius 2 is 2.25 bits per heavy atom. The molecular formula is C18H24N4OS. The zero-order valence-corrected chi connectivity index (χ0v) is 14.9. The van der Waals surface area contributed by atoms with Gasteiger partial charge in [0.25, 0.3) is 0 Å². The lowest BCUT2D eigenvalue weighted by Gasteiger charge is -2.26. The third kappa shape index (κ3) is 4.19. The van der Waals surface area contributed by atoms with Crippen LogP contribution in [0.5, 0.6) is 0 Å². The molecule has 1 aliphatic rings. The molecule has 0 saturated carbocycles. The number of hydrogen-bond donors (Lipinski definition) is 1. The van der Waals surface area contributed by atoms with Gasteiger partial charge < -0.3 is 5.32 Å². The van der Waals surface area contributed by atoms with Crippen LogP contribution in [0.4, 0.5) is 0 Å². The molecule has 1 N–H and O–H groups in total. The molecule has 0 bridgehead atoms. The van der Waals surface area contributed by atoms with Gasteiger partial charge in [0.05, 0.1) is 17.2 Å². The van der Waals surface area contributed by atoms with Crippen molar-refractivity contribution in [2.24, 2.45) is 0 Å². The molecule has 1 amide bonds. The highest BCUT2D eigenvalue weighted by molar-refractivity contribution is 7.09. The number of carbonyl (C=O) groups is 1. The van der Waals surface area contributed by atoms with Crippen molar-refractivity contribution in [1.82, 2.24) is 20.2 Å². The minimum Gasteiger partial charge on any atom is -0.349 e. The number of aromatic nitrogens is 2. The Bertz CT molecular complexity index is 652. The van der Waals surface area contributed by atoms with E-state index in [9.17, 15) is 4.79 Å². The zero-order valence-electron chi connectivity index (χ0n) is 14.1. The number of nitrogens with zero attached hydrogens (tertiary/aromatic N) is 3. The standard InChI is InChI=1S/C18H24N4OS/c1-2-6-16-21-15(13-24-16)12-20-18(23)17(22-9-3-4-10-22)14-7-5-8-19-11-14/h5,7-8,11,13,17H,2-4,6,9-10,12H2,1H3,(H,20,23)/t17-/m0/s1. The van der Waals surface area contributed by atoms with Crippen LogP contribution >= 0.6 is 11.3 Å². The van der Waals surface area contributed by atoms with Crippen LogP contribution in [0.3, 0.4) is 0 Å². The summed E-state index contributed by atoms with van der Waals surface area (Å²) in [5, 5.41) is 6.25. The smallest absolute Gasteiger partial charge is 0.242 e. The number of aryl methyl sites for hydroxylation is 1. The van der Waals surface area contributed by atoms with Crippen LogP contribution in [-0.4, -0.2) is 33.9 Å². The van der Waals surface area contributed by atoms with Crippen LogP contribution in [0.2, 0.25) is 0 Å². The SMILES string of the molecule is CCCc1nc(CNC(=O)[C@H](c2cccnc2)N2CCCC2)cs1. The molecule has 6 heteroatoms. The monoisotopic (exact) mass is 344 g/mol. The van der Waals surface area contributed by atoms with Gasteiger partial charge in [-0.2, -0.15) is 0 Å². The van der Waals surface area contributed by atoms with Crippen molar-refractivity contribution >= 4 is 17.2 Å². The second kappa shape index (κ2) is 8.35. The van der Waals surface area contributed by atoms with Crippen molar-refractivity contribution in [3.63, 3.8) is 0 Å². The number of amides is 1. The number of carbonyl (C=O) groups excluding carboxylic acids is 1. The second-order valence-corrected chi connectivity index (χ2v) is 7.08. The lowest BCUT2D eigenvalue weighted by molar-refractivity contribution is -0.126. The van der Waals surface area contributed by atoms with E-state index in [1.165, 1.54) is 0 Å². The van der Waals surface area contributed by atoms with Crippen molar-refractivity contribution in [2.45, 2.75) is 45.2 Å². The lowest BCUT2D eigenvalue weighted by atomic mass is 10.1. The third-order valence-electron chi connectivity index (χ3n) is 4.26. The van der Waals surface area contributed by atoms with Gasteiger partial charge in [-0.05, 0) is 50.4 Å². The van der Waals surface area contributed by atoms with E-state index in [1.54, 1.807) is 23.7 Å². The van der Waals surface area contributed by atoms with E-state index in [2.05, 4.69) is 27.1 Å². The molecular weight excluding hydrogens is 320 g/mol. The van der Waals surface area contributed by atoms with E-state index >= 15 is 0 Å². The summed E-state index contributed by atoms with van der Waals surface area (Å²) in [6.07, 6.45) is 7.94. The first-order valence-electron chi connectivity index (χ1n) is 8.63. The van der Waals surface area contributed by atoms with Gasteiger partial charge in [-0.3, -0.25) is 14.7 Å². The predicted molar refractivity (Wildman–Crippen MR) is 95.7 cm³/mol. The molecule has 2 aromatic heterocycles. The van der Waals surface area contributed by atoms with Crippen LogP contribution in [0.25, 0.3) is 0 Å². The molecule has 0 spiro atoms. The van der Waals surface area contributed by atoms with Crippen molar-refractivity contribution in [3.05, 3.63) is 46.2 Å². The quantitative estimate of drug-likeness (QED) is 0.839. The van der Waals surface area contributed by atoms with Gasteiger partial charge in [-0.25, -0.2) is 4.98 Å². The van der Waals surface area contributed by atoms with E-state index in [1.807, 2.05) is 17.5 Å². The summed E-state index contributed by atoms with van der Waals surface area (Å²) in [6.45, 7) is 4.57. The number of pyridine rings is 1. The number of hydrogen-bond acceptors (Lipinski definition) is 5. The maximum Gasteiger partial charge on any atom is 0.242 e. The minimum atomic E-state index is -0.255. The summed E-state index contributed by atoms with van der Waals surface area (Å²) >= 11 is 1.67. The van der Waals surface area contributed by atoms with Crippen molar-refractivity contribution in [1.29, 1.82) is 0 Å². The summed E-state index contributed by atoms with van der Waals surface area (Å²) in [7, 11) is 0. The summed E-state index contributed by atoms with van der Waals surface area (Å²) in [5.41, 5.74) is 1.91. The maximum atomic E-state index is 12.8. The Balaban J connectivity index is 1.66. The first-order chi connectivity index (χ1) is 11.8. The summed E-state index contributed by atoms with van der Waals surface area (Å²) < 4.78 is 0. The number of likely N-dealkylation sites (tertiary alicyclic amines) is 1. The molecule has 1 aliphatic heterocycles. The van der Waals surface area contributed by atoms with Gasteiger partial charge in [0.15, 0.2) is 0 Å². The third-order valence-corrected chi connectivity index (χ3v) is 5.22. The van der Waals surface area contributed by atoms with E-state index in [0.717, 1.165) is 55.0 Å². The zero-order chi connectivity index (χ0) is 16.8. The van der Waals surface area contributed by atoms with Gasteiger partial charge in [-0.15, -0.1) is 11.3 Å². The van der Waals surface area contributed by atoms with Crippen LogP contribution in [0, 0.1) is 0 Å². The van der Waals surface area contributed by atoms with Crippen LogP contribution in [0.1, 0.15) is 48.5 Å². The van der Waals surface area contributed by atoms with Gasteiger partial charge in [0, 0.05) is 17.8 Å². The molecule has 1 atom stereocenters. The second-order valence-electron chi connectivity index (χ2n) is 6.13. The Morgan fingerprint density at radius 1 is 1.42 bits per heavy atom. The first kappa shape index (κ1) is 17.0. The summed E-state index contributed by atoms with van der Waals surface area (Å²) in [6, 6.07) is 3.62. The highest BCUT2D eigenvalue weighted by Gasteiger charge is 2.29. The highest BCUT2D eigenvalue weighted by Crippen LogP contribution is 2.25. The Kier molecular flexibility index (Phi) is 5.93. The van der Waals surface area contributed by atoms with Crippen molar-refractivity contribution in [3.8, 4) is 0 Å². The molecule has 0 radical (unpaired) electrons. The Labute approximate surface area is 147 Å². The molecule has 0 aliphatic carbocycles. The number of nitrogens with one attached hydrogen (secondary N) is 1. The highest BCUT2D eigenvalue weighted by atomic mass is 32.1. The molecule has 3 rings (SSSR count). The van der Waals surface area contributed by atoms with Gasteiger partial charge in [0.2, 0.25) is 5.91 Å². The van der Waals surface area contributed by atoms with E-state index in [0.29, 0.717) is 6.54 Å². The van der Waals surface area contributed by atoms with Gasteiger partial charge in [-0.1, -0.05) is 13.0 Å². The van der Waals surface area contributed by atoms with Gasteiger partial charge >= 0.3 is 0 Å². The van der Waals surface area contributed by atoms with E-state index < -0.39 is 0 Å². The average Bonchev–Trinajstić information content (AvgIpc) is 3.27. The lowest BCUT2D eigenvalue weighted by Crippen LogP contribution is -2.39. The van der Waals surface area contributed by atoms with Gasteiger partial charge in [0.1, 0.15) is 6.04 Å².